The van der Waals surface area contributed by atoms with Gasteiger partial charge in [-0.15, -0.1) is 0 Å². The number of aliphatic imine (C=N–C) groups is 1. The van der Waals surface area contributed by atoms with Crippen LogP contribution in [0.5, 0.6) is 5.75 Å². The number of amides is 2. The molecule has 3 aromatic rings. The van der Waals surface area contributed by atoms with Crippen molar-refractivity contribution >= 4 is 28.8 Å². The van der Waals surface area contributed by atoms with Crippen LogP contribution in [0.15, 0.2) is 51.7 Å². The van der Waals surface area contributed by atoms with Gasteiger partial charge >= 0.3 is 0 Å². The number of nitrogens with zero attached hydrogens (tertiary/aromatic N) is 4. The Bertz CT molecular complexity index is 1560. The Morgan fingerprint density at radius 2 is 2.00 bits per heavy atom. The minimum atomic E-state index is -1.02. The van der Waals surface area contributed by atoms with Crippen molar-refractivity contribution in [2.24, 2.45) is 10.4 Å². The highest BCUT2D eigenvalue weighted by atomic mass is 19.1. The van der Waals surface area contributed by atoms with Crippen LogP contribution < -0.4 is 15.4 Å². The zero-order valence-electron chi connectivity index (χ0n) is 22.5. The lowest BCUT2D eigenvalue weighted by atomic mass is 9.76. The zero-order valence-corrected chi connectivity index (χ0v) is 22.5. The van der Waals surface area contributed by atoms with Crippen molar-refractivity contribution in [3.63, 3.8) is 0 Å². The van der Waals surface area contributed by atoms with Gasteiger partial charge in [0.25, 0.3) is 5.91 Å². The summed E-state index contributed by atoms with van der Waals surface area (Å²) in [5.74, 6) is -1.52. The standard InChI is InChI=1S/C29H29FN6O4/c1-4-20-25(36-40-35-20)27(37)34-26(24-19-7-5-17(30)11-22(19)39-14-29(24)9-10-29)28(38)33-18-6-8-21(32-13-18)23-15(2)12-31-16(23)3/h5-8,11,13,24,26H,4,9-10,12,14H2,1-3H3,(H,33,38)(H,34,37)/t24?,26-/m0/s1. The summed E-state index contributed by atoms with van der Waals surface area (Å²) in [6.07, 6.45) is 3.65. The number of nitrogens with one attached hydrogen (secondary N) is 2. The third-order valence-corrected chi connectivity index (χ3v) is 8.02. The summed E-state index contributed by atoms with van der Waals surface area (Å²) in [6, 6.07) is 6.90. The number of anilines is 1. The first-order valence-corrected chi connectivity index (χ1v) is 13.3. The molecule has 0 radical (unpaired) electrons. The Balaban J connectivity index is 1.33. The Morgan fingerprint density at radius 1 is 1.18 bits per heavy atom. The predicted molar refractivity (Wildman–Crippen MR) is 145 cm³/mol. The fourth-order valence-electron chi connectivity index (χ4n) is 5.74. The van der Waals surface area contributed by atoms with Gasteiger partial charge in [0.05, 0.1) is 30.7 Å². The molecular weight excluding hydrogens is 515 g/mol. The quantitative estimate of drug-likeness (QED) is 0.458. The Hall–Kier alpha value is -4.41. The fourth-order valence-corrected chi connectivity index (χ4v) is 5.74. The first-order chi connectivity index (χ1) is 19.3. The van der Waals surface area contributed by atoms with E-state index >= 15 is 0 Å². The molecule has 40 heavy (non-hydrogen) atoms. The summed E-state index contributed by atoms with van der Waals surface area (Å²) in [5.41, 5.74) is 5.08. The summed E-state index contributed by atoms with van der Waals surface area (Å²) < 4.78 is 24.8. The lowest BCUT2D eigenvalue weighted by Crippen LogP contribution is -2.52. The molecule has 0 bridgehead atoms. The highest BCUT2D eigenvalue weighted by Crippen LogP contribution is 2.61. The fraction of sp³-hybridized carbons (Fsp3) is 0.379. The number of pyridine rings is 1. The van der Waals surface area contributed by atoms with Crippen LogP contribution >= 0.6 is 0 Å². The smallest absolute Gasteiger partial charge is 0.276 e. The van der Waals surface area contributed by atoms with Crippen LogP contribution in [-0.4, -0.2) is 52.0 Å². The van der Waals surface area contributed by atoms with Gasteiger partial charge in [0.1, 0.15) is 23.3 Å². The first-order valence-electron chi connectivity index (χ1n) is 13.3. The van der Waals surface area contributed by atoms with E-state index in [2.05, 4.69) is 30.9 Å². The molecule has 1 saturated carbocycles. The molecule has 3 aliphatic rings. The van der Waals surface area contributed by atoms with Gasteiger partial charge in [0.15, 0.2) is 5.69 Å². The zero-order chi connectivity index (χ0) is 28.0. The van der Waals surface area contributed by atoms with Crippen molar-refractivity contribution in [2.75, 3.05) is 18.5 Å². The number of aryl methyl sites for hydroxylation is 1. The van der Waals surface area contributed by atoms with Crippen molar-refractivity contribution in [3.05, 3.63) is 70.6 Å². The number of fused-ring (bicyclic) bond motifs is 1. The minimum absolute atomic E-state index is 0.0276. The van der Waals surface area contributed by atoms with Crippen LogP contribution in [0, 0.1) is 11.2 Å². The lowest BCUT2D eigenvalue weighted by Gasteiger charge is -2.38. The Morgan fingerprint density at radius 3 is 2.67 bits per heavy atom. The van der Waals surface area contributed by atoms with E-state index in [-0.39, 0.29) is 11.1 Å². The number of rotatable bonds is 7. The molecule has 6 rings (SSSR count). The van der Waals surface area contributed by atoms with Gasteiger partial charge in [-0.05, 0) is 62.0 Å². The van der Waals surface area contributed by atoms with Crippen molar-refractivity contribution in [1.29, 1.82) is 0 Å². The van der Waals surface area contributed by atoms with Crippen molar-refractivity contribution in [1.82, 2.24) is 20.6 Å². The SMILES string of the molecule is CCc1nonc1C(=O)N[C@H](C(=O)Nc1ccc(C2=C(C)CN=C2C)nc1)C1c2ccc(F)cc2OCC12CC2. The number of aromatic nitrogens is 3. The molecule has 4 heterocycles. The number of carbonyl (C=O) groups is 2. The molecule has 1 fully saturated rings. The predicted octanol–water partition coefficient (Wildman–Crippen LogP) is 4.11. The van der Waals surface area contributed by atoms with Crippen LogP contribution in [0.3, 0.4) is 0 Å². The van der Waals surface area contributed by atoms with Gasteiger partial charge in [-0.2, -0.15) is 0 Å². The summed E-state index contributed by atoms with van der Waals surface area (Å²) in [4.78, 5) is 36.4. The molecule has 1 aromatic carbocycles. The van der Waals surface area contributed by atoms with Crippen LogP contribution in [0.1, 0.15) is 67.0 Å². The molecule has 206 valence electrons. The normalized spacial score (nSPS) is 19.5. The number of hydrogen-bond donors (Lipinski definition) is 2. The van der Waals surface area contributed by atoms with E-state index in [1.54, 1.807) is 18.3 Å². The van der Waals surface area contributed by atoms with E-state index in [0.29, 0.717) is 42.3 Å². The number of hydrogen-bond acceptors (Lipinski definition) is 8. The number of benzene rings is 1. The van der Waals surface area contributed by atoms with Crippen LogP contribution in [0.25, 0.3) is 5.57 Å². The van der Waals surface area contributed by atoms with Gasteiger partial charge in [-0.3, -0.25) is 19.6 Å². The molecule has 1 unspecified atom stereocenters. The van der Waals surface area contributed by atoms with Gasteiger partial charge < -0.3 is 15.4 Å². The third kappa shape index (κ3) is 4.55. The molecule has 10 nitrogen and oxygen atoms in total. The van der Waals surface area contributed by atoms with E-state index in [4.69, 9.17) is 9.37 Å². The molecule has 2 atom stereocenters. The number of carbonyl (C=O) groups excluding carboxylic acids is 2. The van der Waals surface area contributed by atoms with Crippen molar-refractivity contribution in [2.45, 2.75) is 52.0 Å². The topological polar surface area (TPSA) is 132 Å². The van der Waals surface area contributed by atoms with Crippen molar-refractivity contribution in [3.8, 4) is 5.75 Å². The summed E-state index contributed by atoms with van der Waals surface area (Å²) >= 11 is 0. The molecule has 2 N–H and O–H groups in total. The molecule has 2 aromatic heterocycles. The summed E-state index contributed by atoms with van der Waals surface area (Å²) in [7, 11) is 0. The maximum Gasteiger partial charge on any atom is 0.276 e. The second-order valence-corrected chi connectivity index (χ2v) is 10.7. The second kappa shape index (κ2) is 9.96. The van der Waals surface area contributed by atoms with Gasteiger partial charge in [0, 0.05) is 34.2 Å². The molecular formula is C29H29FN6O4. The first kappa shape index (κ1) is 25.8. The van der Waals surface area contributed by atoms with E-state index in [1.165, 1.54) is 12.1 Å². The maximum absolute atomic E-state index is 14.1. The van der Waals surface area contributed by atoms with Gasteiger partial charge in [0.2, 0.25) is 5.91 Å². The highest BCUT2D eigenvalue weighted by Gasteiger charge is 2.58. The second-order valence-electron chi connectivity index (χ2n) is 10.7. The molecule has 2 amide bonds. The van der Waals surface area contributed by atoms with Crippen LogP contribution in [0.2, 0.25) is 0 Å². The van der Waals surface area contributed by atoms with E-state index in [1.807, 2.05) is 26.8 Å². The van der Waals surface area contributed by atoms with Crippen LogP contribution in [0.4, 0.5) is 10.1 Å². The summed E-state index contributed by atoms with van der Waals surface area (Å²) in [5, 5.41) is 13.4. The molecule has 11 heteroatoms. The van der Waals surface area contributed by atoms with Crippen molar-refractivity contribution < 1.29 is 23.3 Å². The number of allylic oxidation sites excluding steroid dienone is 1. The molecule has 0 saturated heterocycles. The van der Waals surface area contributed by atoms with E-state index in [0.717, 1.165) is 35.4 Å². The lowest BCUT2D eigenvalue weighted by molar-refractivity contribution is -0.119. The van der Waals surface area contributed by atoms with Gasteiger partial charge in [-0.25, -0.2) is 9.02 Å². The largest absolute Gasteiger partial charge is 0.493 e. The van der Waals surface area contributed by atoms with Gasteiger partial charge in [-0.1, -0.05) is 18.1 Å². The number of halogens is 1. The molecule has 1 aliphatic carbocycles. The average molecular weight is 545 g/mol. The number of ether oxygens (including phenoxy) is 1. The maximum atomic E-state index is 14.1. The molecule has 2 aliphatic heterocycles. The highest BCUT2D eigenvalue weighted by molar-refractivity contribution is 6.24. The monoisotopic (exact) mass is 544 g/mol. The molecule has 1 spiro atoms. The third-order valence-electron chi connectivity index (χ3n) is 8.02. The Labute approximate surface area is 230 Å². The average Bonchev–Trinajstić information content (AvgIpc) is 3.39. The minimum Gasteiger partial charge on any atom is -0.493 e. The van der Waals surface area contributed by atoms with E-state index in [9.17, 15) is 14.0 Å². The summed E-state index contributed by atoms with van der Waals surface area (Å²) in [6.45, 7) is 6.79. The van der Waals surface area contributed by atoms with E-state index < -0.39 is 29.6 Å². The Kier molecular flexibility index (Phi) is 6.44. The van der Waals surface area contributed by atoms with Crippen LogP contribution in [-0.2, 0) is 11.2 Å².